The summed E-state index contributed by atoms with van der Waals surface area (Å²) in [7, 11) is 7.19. The fraction of sp³-hybridized carbons (Fsp3) is 0.562. The molecule has 0 aliphatic carbocycles. The molecule has 42 heavy (non-hydrogen) atoms. The minimum atomic E-state index is -0.433. The van der Waals surface area contributed by atoms with Crippen LogP contribution in [-0.2, 0) is 4.74 Å². The molecule has 0 bridgehead atoms. The zero-order valence-electron chi connectivity index (χ0n) is 26.1. The number of likely N-dealkylation sites (N-methyl/N-ethyl adjacent to an activating group) is 1. The predicted molar refractivity (Wildman–Crippen MR) is 166 cm³/mol. The molecule has 10 nitrogen and oxygen atoms in total. The van der Waals surface area contributed by atoms with Crippen molar-refractivity contribution in [1.29, 1.82) is 0 Å². The lowest BCUT2D eigenvalue weighted by atomic mass is 10.0. The Hall–Kier alpha value is -3.50. The quantitative estimate of drug-likeness (QED) is 0.485. The minimum absolute atomic E-state index is 0.0871. The van der Waals surface area contributed by atoms with Gasteiger partial charge < -0.3 is 39.3 Å². The Labute approximate surface area is 250 Å². The van der Waals surface area contributed by atoms with Crippen molar-refractivity contribution in [3.05, 3.63) is 48.0 Å². The molecule has 3 rings (SSSR count). The highest BCUT2D eigenvalue weighted by atomic mass is 16.5. The van der Waals surface area contributed by atoms with Crippen LogP contribution in [-0.4, -0.2) is 99.7 Å². The number of carbonyl (C=O) groups excluding carboxylic acids is 2. The van der Waals surface area contributed by atoms with Crippen LogP contribution in [0.3, 0.4) is 0 Å². The first-order valence-corrected chi connectivity index (χ1v) is 14.7. The highest BCUT2D eigenvalue weighted by molar-refractivity contribution is 5.98. The second-order valence-electron chi connectivity index (χ2n) is 11.4. The number of benzene rings is 2. The van der Waals surface area contributed by atoms with Crippen LogP contribution in [0.2, 0.25) is 0 Å². The standard InChI is InChI=1S/C32H48N4O6/c1-22-19-36(23(2)21-37)31(38)28-18-26(34(4)5)13-16-29(28)42-24(3)10-8-9-17-41-30(22)20-35(6)32(39)33-25-11-14-27(40-7)15-12-25/h11-16,18,22-24,30,37H,8-10,17,19-21H2,1-7H3,(H,33,39)/t22-,23-,24-,30+/m1/s1. The van der Waals surface area contributed by atoms with Crippen LogP contribution in [0.15, 0.2) is 42.5 Å². The molecule has 2 aromatic rings. The van der Waals surface area contributed by atoms with E-state index in [1.54, 1.807) is 48.2 Å². The van der Waals surface area contributed by atoms with E-state index < -0.39 is 6.04 Å². The summed E-state index contributed by atoms with van der Waals surface area (Å²) < 4.78 is 17.8. The first-order valence-electron chi connectivity index (χ1n) is 14.7. The number of urea groups is 1. The molecular weight excluding hydrogens is 536 g/mol. The van der Waals surface area contributed by atoms with Gasteiger partial charge in [0.05, 0.1) is 37.5 Å². The molecule has 3 amide bonds. The van der Waals surface area contributed by atoms with Crippen molar-refractivity contribution in [2.45, 2.75) is 58.3 Å². The topological polar surface area (TPSA) is 104 Å². The maximum atomic E-state index is 14.1. The van der Waals surface area contributed by atoms with E-state index in [1.807, 2.05) is 58.0 Å². The van der Waals surface area contributed by atoms with Gasteiger partial charge in [-0.05, 0) is 75.6 Å². The van der Waals surface area contributed by atoms with Crippen LogP contribution in [0.5, 0.6) is 11.5 Å². The number of rotatable bonds is 7. The van der Waals surface area contributed by atoms with Crippen molar-refractivity contribution in [3.63, 3.8) is 0 Å². The minimum Gasteiger partial charge on any atom is -0.497 e. The number of hydrogen-bond donors (Lipinski definition) is 2. The van der Waals surface area contributed by atoms with E-state index in [-0.39, 0.29) is 36.7 Å². The normalized spacial score (nSPS) is 20.9. The summed E-state index contributed by atoms with van der Waals surface area (Å²) >= 11 is 0. The van der Waals surface area contributed by atoms with Crippen molar-refractivity contribution >= 4 is 23.3 Å². The van der Waals surface area contributed by atoms with Crippen LogP contribution in [0, 0.1) is 5.92 Å². The molecule has 0 saturated carbocycles. The van der Waals surface area contributed by atoms with Gasteiger partial charge in [0.25, 0.3) is 5.91 Å². The Kier molecular flexibility index (Phi) is 12.3. The van der Waals surface area contributed by atoms with E-state index in [0.29, 0.717) is 42.4 Å². The van der Waals surface area contributed by atoms with Gasteiger partial charge in [0.15, 0.2) is 0 Å². The van der Waals surface area contributed by atoms with Crippen molar-refractivity contribution in [2.75, 3.05) is 64.8 Å². The molecule has 2 N–H and O–H groups in total. The third kappa shape index (κ3) is 9.00. The lowest BCUT2D eigenvalue weighted by molar-refractivity contribution is -0.0115. The van der Waals surface area contributed by atoms with Gasteiger partial charge in [-0.15, -0.1) is 0 Å². The van der Waals surface area contributed by atoms with Gasteiger partial charge in [0, 0.05) is 58.1 Å². The summed E-state index contributed by atoms with van der Waals surface area (Å²) in [6.07, 6.45) is 2.15. The molecule has 0 saturated heterocycles. The molecular formula is C32H48N4O6. The third-order valence-electron chi connectivity index (χ3n) is 7.69. The predicted octanol–water partition coefficient (Wildman–Crippen LogP) is 4.72. The molecule has 0 unspecified atom stereocenters. The van der Waals surface area contributed by atoms with Crippen LogP contribution in [0.1, 0.15) is 50.4 Å². The number of nitrogens with one attached hydrogen (secondary N) is 1. The molecule has 232 valence electrons. The van der Waals surface area contributed by atoms with Gasteiger partial charge in [0.2, 0.25) is 0 Å². The fourth-order valence-corrected chi connectivity index (χ4v) is 4.90. The summed E-state index contributed by atoms with van der Waals surface area (Å²) in [6.45, 7) is 6.87. The Morgan fingerprint density at radius 2 is 1.86 bits per heavy atom. The molecule has 4 atom stereocenters. The number of hydrogen-bond acceptors (Lipinski definition) is 7. The zero-order valence-corrected chi connectivity index (χ0v) is 26.1. The number of aliphatic hydroxyl groups excluding tert-OH is 1. The van der Waals surface area contributed by atoms with Crippen molar-refractivity contribution in [1.82, 2.24) is 9.80 Å². The maximum absolute atomic E-state index is 14.1. The van der Waals surface area contributed by atoms with Gasteiger partial charge in [-0.1, -0.05) is 6.92 Å². The number of carbonyl (C=O) groups is 2. The van der Waals surface area contributed by atoms with E-state index in [0.717, 1.165) is 24.9 Å². The third-order valence-corrected chi connectivity index (χ3v) is 7.69. The molecule has 0 radical (unpaired) electrons. The monoisotopic (exact) mass is 584 g/mol. The Morgan fingerprint density at radius 1 is 1.14 bits per heavy atom. The molecule has 10 heteroatoms. The van der Waals surface area contributed by atoms with E-state index in [9.17, 15) is 14.7 Å². The van der Waals surface area contributed by atoms with Gasteiger partial charge in [-0.3, -0.25) is 4.79 Å². The van der Waals surface area contributed by atoms with E-state index in [2.05, 4.69) is 5.32 Å². The van der Waals surface area contributed by atoms with Crippen molar-refractivity contribution in [2.24, 2.45) is 5.92 Å². The second-order valence-corrected chi connectivity index (χ2v) is 11.4. The molecule has 0 aromatic heterocycles. The highest BCUT2D eigenvalue weighted by Crippen LogP contribution is 2.29. The van der Waals surface area contributed by atoms with E-state index in [1.165, 1.54) is 0 Å². The number of aliphatic hydroxyl groups is 1. The summed E-state index contributed by atoms with van der Waals surface area (Å²) in [4.78, 5) is 32.4. The molecule has 1 heterocycles. The van der Waals surface area contributed by atoms with Crippen LogP contribution < -0.4 is 19.7 Å². The summed E-state index contributed by atoms with van der Waals surface area (Å²) in [6, 6.07) is 12.1. The maximum Gasteiger partial charge on any atom is 0.321 e. The van der Waals surface area contributed by atoms with Gasteiger partial charge >= 0.3 is 6.03 Å². The molecule has 2 aromatic carbocycles. The smallest absolute Gasteiger partial charge is 0.321 e. The summed E-state index contributed by atoms with van der Waals surface area (Å²) in [5.74, 6) is 0.903. The fourth-order valence-electron chi connectivity index (χ4n) is 4.90. The Bertz CT molecular complexity index is 1160. The summed E-state index contributed by atoms with van der Waals surface area (Å²) in [5, 5.41) is 13.0. The van der Waals surface area contributed by atoms with E-state index >= 15 is 0 Å². The SMILES string of the molecule is COc1ccc(NC(=O)N(C)C[C@@H]2OCCCC[C@@H](C)Oc3ccc(N(C)C)cc3C(=O)N([C@H](C)CO)C[C@H]2C)cc1. The summed E-state index contributed by atoms with van der Waals surface area (Å²) in [5.41, 5.74) is 2.01. The van der Waals surface area contributed by atoms with Crippen molar-refractivity contribution in [3.8, 4) is 11.5 Å². The molecule has 1 aliphatic heterocycles. The number of nitrogens with zero attached hydrogens (tertiary/aromatic N) is 3. The second kappa shape index (κ2) is 15.7. The largest absolute Gasteiger partial charge is 0.497 e. The molecule has 0 fully saturated rings. The number of anilines is 2. The molecule has 1 aliphatic rings. The number of ether oxygens (including phenoxy) is 3. The van der Waals surface area contributed by atoms with Gasteiger partial charge in [-0.25, -0.2) is 4.79 Å². The lowest BCUT2D eigenvalue weighted by Crippen LogP contribution is -2.48. The average molecular weight is 585 g/mol. The van der Waals surface area contributed by atoms with Crippen LogP contribution in [0.4, 0.5) is 16.2 Å². The number of fused-ring (bicyclic) bond motifs is 1. The van der Waals surface area contributed by atoms with Crippen molar-refractivity contribution < 1.29 is 28.9 Å². The molecule has 0 spiro atoms. The number of methoxy groups -OCH3 is 1. The lowest BCUT2D eigenvalue weighted by Gasteiger charge is -2.36. The zero-order chi connectivity index (χ0) is 30.8. The average Bonchev–Trinajstić information content (AvgIpc) is 2.98. The van der Waals surface area contributed by atoms with E-state index in [4.69, 9.17) is 14.2 Å². The van der Waals surface area contributed by atoms with Gasteiger partial charge in [0.1, 0.15) is 11.5 Å². The highest BCUT2D eigenvalue weighted by Gasteiger charge is 2.31. The Balaban J connectivity index is 1.86. The first kappa shape index (κ1) is 33.0. The van der Waals surface area contributed by atoms with Crippen LogP contribution >= 0.6 is 0 Å². The first-order chi connectivity index (χ1) is 20.0. The van der Waals surface area contributed by atoms with Gasteiger partial charge in [-0.2, -0.15) is 0 Å². The van der Waals surface area contributed by atoms with Crippen LogP contribution in [0.25, 0.3) is 0 Å². The Morgan fingerprint density at radius 3 is 2.50 bits per heavy atom. The number of amides is 3.